The molecule has 0 fully saturated rings. The quantitative estimate of drug-likeness (QED) is 0.698. The van der Waals surface area contributed by atoms with Crippen molar-refractivity contribution in [1.82, 2.24) is 9.80 Å². The number of nitrogens with zero attached hydrogens (tertiary/aromatic N) is 2. The molecule has 0 saturated heterocycles. The van der Waals surface area contributed by atoms with Crippen molar-refractivity contribution < 1.29 is 14.3 Å². The molecule has 0 atom stereocenters. The van der Waals surface area contributed by atoms with E-state index in [0.717, 1.165) is 11.3 Å². The first kappa shape index (κ1) is 21.7. The summed E-state index contributed by atoms with van der Waals surface area (Å²) in [7, 11) is 3.48. The van der Waals surface area contributed by atoms with Gasteiger partial charge in [0.2, 0.25) is 11.8 Å². The van der Waals surface area contributed by atoms with E-state index in [0.29, 0.717) is 23.9 Å². The zero-order valence-corrected chi connectivity index (χ0v) is 17.2. The van der Waals surface area contributed by atoms with Crippen LogP contribution in [0.5, 0.6) is 5.75 Å². The third-order valence-corrected chi connectivity index (χ3v) is 4.38. The Morgan fingerprint density at radius 2 is 1.71 bits per heavy atom. The third-order valence-electron chi connectivity index (χ3n) is 4.05. The third kappa shape index (κ3) is 6.87. The van der Waals surface area contributed by atoms with E-state index >= 15 is 0 Å². The highest BCUT2D eigenvalue weighted by Crippen LogP contribution is 2.20. The van der Waals surface area contributed by atoms with Gasteiger partial charge in [-0.3, -0.25) is 14.5 Å². The molecule has 150 valence electrons. The van der Waals surface area contributed by atoms with E-state index in [2.05, 4.69) is 5.32 Å². The van der Waals surface area contributed by atoms with Gasteiger partial charge in [0.15, 0.2) is 0 Å². The molecule has 1 N–H and O–H groups in total. The first-order valence-electron chi connectivity index (χ1n) is 9.07. The number of carbonyl (C=O) groups excluding carboxylic acids is 2. The van der Waals surface area contributed by atoms with E-state index in [1.165, 1.54) is 4.90 Å². The summed E-state index contributed by atoms with van der Waals surface area (Å²) in [5, 5.41) is 3.17. The van der Waals surface area contributed by atoms with E-state index in [1.807, 2.05) is 43.1 Å². The average molecular weight is 404 g/mol. The summed E-state index contributed by atoms with van der Waals surface area (Å²) in [6, 6.07) is 14.8. The fraction of sp³-hybridized carbons (Fsp3) is 0.333. The summed E-state index contributed by atoms with van der Waals surface area (Å²) in [4.78, 5) is 27.9. The lowest BCUT2D eigenvalue weighted by molar-refractivity contribution is -0.134. The van der Waals surface area contributed by atoms with Crippen molar-refractivity contribution in [3.63, 3.8) is 0 Å². The molecule has 28 heavy (non-hydrogen) atoms. The van der Waals surface area contributed by atoms with Gasteiger partial charge in [0.05, 0.1) is 30.4 Å². The van der Waals surface area contributed by atoms with Crippen LogP contribution in [0.1, 0.15) is 12.5 Å². The Morgan fingerprint density at radius 1 is 1.04 bits per heavy atom. The minimum Gasteiger partial charge on any atom is -0.494 e. The minimum absolute atomic E-state index is 0.0407. The molecule has 0 aliphatic heterocycles. The molecule has 0 saturated carbocycles. The number of hydrogen-bond donors (Lipinski definition) is 1. The lowest BCUT2D eigenvalue weighted by atomic mass is 10.2. The fourth-order valence-electron chi connectivity index (χ4n) is 2.63. The standard InChI is InChI=1S/C21H26ClN3O3/c1-4-28-17-11-9-16(10-12-17)13-24(2)15-21(27)25(3)14-20(26)23-19-8-6-5-7-18(19)22/h5-12H,4,13-15H2,1-3H3,(H,23,26). The highest BCUT2D eigenvalue weighted by Gasteiger charge is 2.16. The molecule has 2 aromatic rings. The molecule has 2 aromatic carbocycles. The maximum atomic E-state index is 12.4. The van der Waals surface area contributed by atoms with Crippen molar-refractivity contribution in [2.45, 2.75) is 13.5 Å². The second kappa shape index (κ2) is 10.7. The van der Waals surface area contributed by atoms with E-state index < -0.39 is 0 Å². The summed E-state index contributed by atoms with van der Waals surface area (Å²) in [6.45, 7) is 3.37. The molecular weight excluding hydrogens is 378 g/mol. The largest absolute Gasteiger partial charge is 0.494 e. The van der Waals surface area contributed by atoms with Crippen LogP contribution >= 0.6 is 11.6 Å². The number of benzene rings is 2. The van der Waals surface area contributed by atoms with Crippen LogP contribution in [0.4, 0.5) is 5.69 Å². The molecule has 0 aliphatic rings. The molecule has 0 unspecified atom stereocenters. The SMILES string of the molecule is CCOc1ccc(CN(C)CC(=O)N(C)CC(=O)Nc2ccccc2Cl)cc1. The molecule has 0 spiro atoms. The Kier molecular flexibility index (Phi) is 8.29. The highest BCUT2D eigenvalue weighted by molar-refractivity contribution is 6.33. The van der Waals surface area contributed by atoms with Gasteiger partial charge in [-0.15, -0.1) is 0 Å². The maximum absolute atomic E-state index is 12.4. The van der Waals surface area contributed by atoms with Crippen molar-refractivity contribution in [3.05, 3.63) is 59.1 Å². The van der Waals surface area contributed by atoms with Gasteiger partial charge < -0.3 is 15.0 Å². The van der Waals surface area contributed by atoms with Crippen LogP contribution in [0.15, 0.2) is 48.5 Å². The van der Waals surface area contributed by atoms with Crippen LogP contribution in [0.2, 0.25) is 5.02 Å². The van der Waals surface area contributed by atoms with Crippen molar-refractivity contribution in [2.24, 2.45) is 0 Å². The van der Waals surface area contributed by atoms with Crippen LogP contribution in [-0.2, 0) is 16.1 Å². The second-order valence-electron chi connectivity index (χ2n) is 6.53. The Labute approximate surface area is 171 Å². The zero-order chi connectivity index (χ0) is 20.5. The first-order valence-corrected chi connectivity index (χ1v) is 9.45. The van der Waals surface area contributed by atoms with Gasteiger partial charge in [0.25, 0.3) is 0 Å². The average Bonchev–Trinajstić information content (AvgIpc) is 2.65. The topological polar surface area (TPSA) is 61.9 Å². The molecule has 2 amide bonds. The summed E-state index contributed by atoms with van der Waals surface area (Å²) in [6.07, 6.45) is 0. The van der Waals surface area contributed by atoms with Crippen LogP contribution in [-0.4, -0.2) is 55.4 Å². The van der Waals surface area contributed by atoms with Gasteiger partial charge in [-0.25, -0.2) is 0 Å². The van der Waals surface area contributed by atoms with Crippen LogP contribution in [0, 0.1) is 0 Å². The monoisotopic (exact) mass is 403 g/mol. The number of para-hydroxylation sites is 1. The molecule has 0 bridgehead atoms. The molecule has 2 rings (SSSR count). The number of likely N-dealkylation sites (N-methyl/N-ethyl adjacent to an activating group) is 2. The van der Waals surface area contributed by atoms with E-state index in [9.17, 15) is 9.59 Å². The number of anilines is 1. The smallest absolute Gasteiger partial charge is 0.244 e. The van der Waals surface area contributed by atoms with Gasteiger partial charge in [-0.05, 0) is 43.8 Å². The molecule has 0 heterocycles. The van der Waals surface area contributed by atoms with E-state index in [4.69, 9.17) is 16.3 Å². The number of halogens is 1. The van der Waals surface area contributed by atoms with Crippen LogP contribution in [0.25, 0.3) is 0 Å². The van der Waals surface area contributed by atoms with E-state index in [1.54, 1.807) is 31.3 Å². The van der Waals surface area contributed by atoms with Crippen molar-refractivity contribution >= 4 is 29.1 Å². The second-order valence-corrected chi connectivity index (χ2v) is 6.93. The summed E-state index contributed by atoms with van der Waals surface area (Å²) < 4.78 is 5.43. The van der Waals surface area contributed by atoms with Crippen LogP contribution < -0.4 is 10.1 Å². The molecule has 0 aliphatic carbocycles. The lowest BCUT2D eigenvalue weighted by Gasteiger charge is -2.22. The first-order chi connectivity index (χ1) is 13.4. The predicted octanol–water partition coefficient (Wildman–Crippen LogP) is 3.27. The van der Waals surface area contributed by atoms with Gasteiger partial charge in [-0.1, -0.05) is 35.9 Å². The molecule has 7 heteroatoms. The van der Waals surface area contributed by atoms with Gasteiger partial charge in [0, 0.05) is 13.6 Å². The van der Waals surface area contributed by atoms with Crippen molar-refractivity contribution in [2.75, 3.05) is 39.1 Å². The Balaban J connectivity index is 1.80. The summed E-state index contributed by atoms with van der Waals surface area (Å²) in [5.41, 5.74) is 1.61. The minimum atomic E-state index is -0.293. The van der Waals surface area contributed by atoms with Gasteiger partial charge in [0.1, 0.15) is 5.75 Å². The number of ether oxygens (including phenoxy) is 1. The summed E-state index contributed by atoms with van der Waals surface area (Å²) >= 11 is 6.03. The van der Waals surface area contributed by atoms with E-state index in [-0.39, 0.29) is 24.9 Å². The number of rotatable bonds is 9. The number of carbonyl (C=O) groups is 2. The molecule has 0 radical (unpaired) electrons. The number of hydrogen-bond acceptors (Lipinski definition) is 4. The normalized spacial score (nSPS) is 10.6. The molecule has 6 nitrogen and oxygen atoms in total. The number of nitrogens with one attached hydrogen (secondary N) is 1. The van der Waals surface area contributed by atoms with Gasteiger partial charge >= 0.3 is 0 Å². The Morgan fingerprint density at radius 3 is 2.36 bits per heavy atom. The molecular formula is C21H26ClN3O3. The highest BCUT2D eigenvalue weighted by atomic mass is 35.5. The molecule has 0 aromatic heterocycles. The number of amides is 2. The van der Waals surface area contributed by atoms with Gasteiger partial charge in [-0.2, -0.15) is 0 Å². The fourth-order valence-corrected chi connectivity index (χ4v) is 2.82. The predicted molar refractivity (Wildman–Crippen MR) is 112 cm³/mol. The Hall–Kier alpha value is -2.57. The van der Waals surface area contributed by atoms with Crippen molar-refractivity contribution in [3.8, 4) is 5.75 Å². The zero-order valence-electron chi connectivity index (χ0n) is 16.4. The lowest BCUT2D eigenvalue weighted by Crippen LogP contribution is -2.40. The maximum Gasteiger partial charge on any atom is 0.244 e. The Bertz CT molecular complexity index is 796. The summed E-state index contributed by atoms with van der Waals surface area (Å²) in [5.74, 6) is 0.398. The van der Waals surface area contributed by atoms with Crippen molar-refractivity contribution in [1.29, 1.82) is 0 Å². The van der Waals surface area contributed by atoms with Crippen LogP contribution in [0.3, 0.4) is 0 Å².